The van der Waals surface area contributed by atoms with Gasteiger partial charge >= 0.3 is 0 Å². The van der Waals surface area contributed by atoms with Crippen molar-refractivity contribution in [2.45, 2.75) is 11.0 Å². The van der Waals surface area contributed by atoms with E-state index >= 15 is 0 Å². The number of halogens is 1. The van der Waals surface area contributed by atoms with Crippen molar-refractivity contribution in [3.8, 4) is 28.7 Å². The van der Waals surface area contributed by atoms with E-state index in [2.05, 4.69) is 10.2 Å². The van der Waals surface area contributed by atoms with E-state index in [0.717, 1.165) is 5.56 Å². The van der Waals surface area contributed by atoms with Crippen LogP contribution in [0.2, 0.25) is 5.02 Å². The molecule has 3 rings (SSSR count). The molecule has 0 saturated heterocycles. The van der Waals surface area contributed by atoms with Crippen molar-refractivity contribution in [2.75, 3.05) is 21.3 Å². The van der Waals surface area contributed by atoms with Crippen LogP contribution in [-0.4, -0.2) is 31.5 Å². The lowest BCUT2D eigenvalue weighted by Crippen LogP contribution is -1.95. The van der Waals surface area contributed by atoms with Crippen LogP contribution in [0.3, 0.4) is 0 Å². The molecular formula is C18H17ClN2O4S. The maximum absolute atomic E-state index is 5.89. The first-order valence-electron chi connectivity index (χ1n) is 7.65. The molecule has 26 heavy (non-hydrogen) atoms. The molecule has 0 aliphatic heterocycles. The first-order valence-corrected chi connectivity index (χ1v) is 9.02. The number of thioether (sulfide) groups is 1. The van der Waals surface area contributed by atoms with Crippen LogP contribution < -0.4 is 14.2 Å². The molecule has 0 aliphatic rings. The van der Waals surface area contributed by atoms with Crippen LogP contribution >= 0.6 is 23.4 Å². The van der Waals surface area contributed by atoms with Gasteiger partial charge in [-0.25, -0.2) is 0 Å². The maximum atomic E-state index is 5.89. The molecule has 0 amide bonds. The monoisotopic (exact) mass is 392 g/mol. The first-order chi connectivity index (χ1) is 12.6. The third kappa shape index (κ3) is 4.05. The largest absolute Gasteiger partial charge is 0.493 e. The highest BCUT2D eigenvalue weighted by atomic mass is 35.5. The Morgan fingerprint density at radius 3 is 2.19 bits per heavy atom. The normalized spacial score (nSPS) is 10.6. The Morgan fingerprint density at radius 2 is 1.62 bits per heavy atom. The van der Waals surface area contributed by atoms with Crippen molar-refractivity contribution in [1.82, 2.24) is 10.2 Å². The van der Waals surface area contributed by atoms with Gasteiger partial charge in [-0.1, -0.05) is 35.5 Å². The number of ether oxygens (including phenoxy) is 3. The fourth-order valence-corrected chi connectivity index (χ4v) is 3.16. The minimum atomic E-state index is 0.378. The standard InChI is InChI=1S/C18H17ClN2O4S/c1-22-14-8-12(9-15(23-2)16(14)24-3)17-20-21-18(25-17)26-10-11-4-6-13(19)7-5-11/h4-9H,10H2,1-3H3. The van der Waals surface area contributed by atoms with Crippen molar-refractivity contribution < 1.29 is 18.6 Å². The summed E-state index contributed by atoms with van der Waals surface area (Å²) in [5.74, 6) is 2.64. The Balaban J connectivity index is 1.79. The quantitative estimate of drug-likeness (QED) is 0.539. The molecule has 1 aromatic heterocycles. The van der Waals surface area contributed by atoms with E-state index in [1.807, 2.05) is 24.3 Å². The number of aromatic nitrogens is 2. The van der Waals surface area contributed by atoms with Crippen LogP contribution in [0.1, 0.15) is 5.56 Å². The summed E-state index contributed by atoms with van der Waals surface area (Å²) in [6, 6.07) is 11.2. The molecule has 6 nitrogen and oxygen atoms in total. The average molecular weight is 393 g/mol. The van der Waals surface area contributed by atoms with E-state index in [1.54, 1.807) is 33.5 Å². The summed E-state index contributed by atoms with van der Waals surface area (Å²) in [6.07, 6.45) is 0. The fourth-order valence-electron chi connectivity index (χ4n) is 2.32. The molecule has 0 saturated carbocycles. The predicted molar refractivity (Wildman–Crippen MR) is 100 cm³/mol. The number of nitrogens with zero attached hydrogens (tertiary/aromatic N) is 2. The van der Waals surface area contributed by atoms with Crippen LogP contribution in [0.25, 0.3) is 11.5 Å². The summed E-state index contributed by atoms with van der Waals surface area (Å²) in [6.45, 7) is 0. The van der Waals surface area contributed by atoms with Gasteiger partial charge < -0.3 is 18.6 Å². The highest BCUT2D eigenvalue weighted by molar-refractivity contribution is 7.98. The SMILES string of the molecule is COc1cc(-c2nnc(SCc3ccc(Cl)cc3)o2)cc(OC)c1OC. The summed E-state index contributed by atoms with van der Waals surface area (Å²) in [5, 5.41) is 9.38. The molecule has 0 aliphatic carbocycles. The minimum absolute atomic E-state index is 0.378. The van der Waals surface area contributed by atoms with E-state index in [0.29, 0.717) is 44.7 Å². The van der Waals surface area contributed by atoms with Crippen LogP contribution in [0.15, 0.2) is 46.0 Å². The molecule has 0 atom stereocenters. The molecule has 0 N–H and O–H groups in total. The van der Waals surface area contributed by atoms with E-state index in [-0.39, 0.29) is 0 Å². The van der Waals surface area contributed by atoms with Gasteiger partial charge in [0.1, 0.15) is 0 Å². The van der Waals surface area contributed by atoms with Gasteiger partial charge in [0.05, 0.1) is 21.3 Å². The van der Waals surface area contributed by atoms with Crippen LogP contribution in [0.4, 0.5) is 0 Å². The highest BCUT2D eigenvalue weighted by Crippen LogP contribution is 2.41. The second-order valence-electron chi connectivity index (χ2n) is 5.20. The van der Waals surface area contributed by atoms with Gasteiger partial charge in [-0.3, -0.25) is 0 Å². The van der Waals surface area contributed by atoms with Crippen molar-refractivity contribution in [3.05, 3.63) is 47.0 Å². The number of hydrogen-bond acceptors (Lipinski definition) is 7. The molecule has 3 aromatic rings. The van der Waals surface area contributed by atoms with Crippen LogP contribution in [-0.2, 0) is 5.75 Å². The molecule has 0 unspecified atom stereocenters. The second kappa shape index (κ2) is 8.33. The topological polar surface area (TPSA) is 66.6 Å². The van der Waals surface area contributed by atoms with Gasteiger partial charge in [0.15, 0.2) is 11.5 Å². The predicted octanol–water partition coefficient (Wildman–Crippen LogP) is 4.71. The molecule has 136 valence electrons. The summed E-state index contributed by atoms with van der Waals surface area (Å²) in [7, 11) is 4.67. The lowest BCUT2D eigenvalue weighted by atomic mass is 10.2. The Morgan fingerprint density at radius 1 is 0.962 bits per heavy atom. The van der Waals surface area contributed by atoms with E-state index in [1.165, 1.54) is 11.8 Å². The van der Waals surface area contributed by atoms with E-state index < -0.39 is 0 Å². The zero-order valence-corrected chi connectivity index (χ0v) is 16.1. The zero-order valence-electron chi connectivity index (χ0n) is 14.5. The molecule has 2 aromatic carbocycles. The lowest BCUT2D eigenvalue weighted by Gasteiger charge is -2.12. The van der Waals surface area contributed by atoms with Gasteiger partial charge in [0, 0.05) is 16.3 Å². The van der Waals surface area contributed by atoms with Gasteiger partial charge in [-0.15, -0.1) is 10.2 Å². The summed E-state index contributed by atoms with van der Waals surface area (Å²) in [5.41, 5.74) is 1.80. The summed E-state index contributed by atoms with van der Waals surface area (Å²) >= 11 is 7.35. The number of hydrogen-bond donors (Lipinski definition) is 0. The van der Waals surface area contributed by atoms with E-state index in [4.69, 9.17) is 30.2 Å². The molecule has 0 radical (unpaired) electrons. The third-order valence-electron chi connectivity index (χ3n) is 3.59. The molecule has 0 spiro atoms. The Kier molecular flexibility index (Phi) is 5.90. The van der Waals surface area contributed by atoms with Crippen molar-refractivity contribution in [2.24, 2.45) is 0 Å². The van der Waals surface area contributed by atoms with E-state index in [9.17, 15) is 0 Å². The van der Waals surface area contributed by atoms with Gasteiger partial charge in [-0.05, 0) is 29.8 Å². The van der Waals surface area contributed by atoms with Crippen molar-refractivity contribution in [3.63, 3.8) is 0 Å². The Labute approximate surface area is 160 Å². The number of methoxy groups -OCH3 is 3. The van der Waals surface area contributed by atoms with Crippen LogP contribution in [0, 0.1) is 0 Å². The van der Waals surface area contributed by atoms with Crippen molar-refractivity contribution in [1.29, 1.82) is 0 Å². The second-order valence-corrected chi connectivity index (χ2v) is 6.57. The first kappa shape index (κ1) is 18.4. The third-order valence-corrected chi connectivity index (χ3v) is 4.74. The Hall–Kier alpha value is -2.38. The maximum Gasteiger partial charge on any atom is 0.277 e. The molecule has 8 heteroatoms. The summed E-state index contributed by atoms with van der Waals surface area (Å²) in [4.78, 5) is 0. The van der Waals surface area contributed by atoms with Gasteiger partial charge in [0.2, 0.25) is 11.6 Å². The number of rotatable bonds is 7. The minimum Gasteiger partial charge on any atom is -0.493 e. The lowest BCUT2D eigenvalue weighted by molar-refractivity contribution is 0.324. The molecule has 1 heterocycles. The number of benzene rings is 2. The van der Waals surface area contributed by atoms with Gasteiger partial charge in [-0.2, -0.15) is 0 Å². The zero-order chi connectivity index (χ0) is 18.5. The van der Waals surface area contributed by atoms with Crippen LogP contribution in [0.5, 0.6) is 17.2 Å². The average Bonchev–Trinajstić information content (AvgIpc) is 3.15. The molecule has 0 fully saturated rings. The molecule has 0 bridgehead atoms. The summed E-state index contributed by atoms with van der Waals surface area (Å²) < 4.78 is 21.8. The fraction of sp³-hybridized carbons (Fsp3) is 0.222. The van der Waals surface area contributed by atoms with Gasteiger partial charge in [0.25, 0.3) is 5.22 Å². The smallest absolute Gasteiger partial charge is 0.277 e. The highest BCUT2D eigenvalue weighted by Gasteiger charge is 2.17. The molecular weight excluding hydrogens is 376 g/mol. The van der Waals surface area contributed by atoms with Crippen molar-refractivity contribution >= 4 is 23.4 Å². The Bertz CT molecular complexity index is 858.